The molecule has 0 aliphatic carbocycles. The maximum absolute atomic E-state index is 5.19. The van der Waals surface area contributed by atoms with Crippen molar-refractivity contribution in [1.82, 2.24) is 15.2 Å². The van der Waals surface area contributed by atoms with Crippen LogP contribution in [0.4, 0.5) is 0 Å². The quantitative estimate of drug-likeness (QED) is 0.675. The van der Waals surface area contributed by atoms with E-state index in [1.807, 2.05) is 24.4 Å². The van der Waals surface area contributed by atoms with E-state index in [0.717, 1.165) is 38.5 Å². The number of nitrogens with one attached hydrogen (secondary N) is 1. The number of hydrogen-bond acceptors (Lipinski definition) is 4. The lowest BCUT2D eigenvalue weighted by atomic mass is 10.3. The number of likely N-dealkylation sites (N-methyl/N-ethyl adjacent to an activating group) is 1. The van der Waals surface area contributed by atoms with Crippen LogP contribution in [0.5, 0.6) is 0 Å². The number of nitrogens with zero attached hydrogens (tertiary/aromatic N) is 2. The van der Waals surface area contributed by atoms with E-state index in [1.165, 1.54) is 0 Å². The molecule has 0 saturated heterocycles. The van der Waals surface area contributed by atoms with Crippen LogP contribution in [-0.4, -0.2) is 49.3 Å². The van der Waals surface area contributed by atoms with Crippen molar-refractivity contribution in [2.24, 2.45) is 0 Å². The molecule has 0 saturated carbocycles. The Labute approximate surface area is 110 Å². The van der Waals surface area contributed by atoms with Gasteiger partial charge in [-0.2, -0.15) is 0 Å². The van der Waals surface area contributed by atoms with E-state index < -0.39 is 0 Å². The van der Waals surface area contributed by atoms with Gasteiger partial charge in [-0.3, -0.25) is 9.88 Å². The highest BCUT2D eigenvalue weighted by Crippen LogP contribution is 1.98. The second-order valence-electron chi connectivity index (χ2n) is 4.43. The Morgan fingerprint density at radius 1 is 1.44 bits per heavy atom. The van der Waals surface area contributed by atoms with Gasteiger partial charge in [0.15, 0.2) is 0 Å². The van der Waals surface area contributed by atoms with Gasteiger partial charge in [-0.05, 0) is 25.6 Å². The van der Waals surface area contributed by atoms with Gasteiger partial charge in [0.25, 0.3) is 0 Å². The van der Waals surface area contributed by atoms with Crippen LogP contribution in [0.3, 0.4) is 0 Å². The van der Waals surface area contributed by atoms with Gasteiger partial charge in [-0.1, -0.05) is 13.0 Å². The van der Waals surface area contributed by atoms with Crippen molar-refractivity contribution in [3.63, 3.8) is 0 Å². The van der Waals surface area contributed by atoms with Crippen molar-refractivity contribution in [2.75, 3.05) is 33.4 Å². The Bertz CT molecular complexity index is 305. The fourth-order valence-electron chi connectivity index (χ4n) is 1.98. The van der Waals surface area contributed by atoms with Gasteiger partial charge in [-0.25, -0.2) is 0 Å². The lowest BCUT2D eigenvalue weighted by Gasteiger charge is -2.27. The van der Waals surface area contributed by atoms with E-state index >= 15 is 0 Å². The van der Waals surface area contributed by atoms with Crippen LogP contribution in [0.1, 0.15) is 19.5 Å². The molecule has 0 aliphatic rings. The Morgan fingerprint density at radius 3 is 2.89 bits per heavy atom. The van der Waals surface area contributed by atoms with E-state index in [-0.39, 0.29) is 0 Å². The Kier molecular flexibility index (Phi) is 7.57. The summed E-state index contributed by atoms with van der Waals surface area (Å²) in [7, 11) is 1.75. The molecule has 0 bridgehead atoms. The van der Waals surface area contributed by atoms with Crippen molar-refractivity contribution in [2.45, 2.75) is 26.4 Å². The molecule has 0 aliphatic heterocycles. The Hall–Kier alpha value is -0.970. The zero-order valence-corrected chi connectivity index (χ0v) is 11.7. The molecule has 1 unspecified atom stereocenters. The molecule has 0 spiro atoms. The number of aromatic nitrogens is 1. The van der Waals surface area contributed by atoms with Crippen LogP contribution in [-0.2, 0) is 11.3 Å². The normalized spacial score (nSPS) is 12.9. The number of ether oxygens (including phenoxy) is 1. The molecule has 1 atom stereocenters. The average molecular weight is 251 g/mol. The Balaban J connectivity index is 2.19. The predicted molar refractivity (Wildman–Crippen MR) is 74.5 cm³/mol. The van der Waals surface area contributed by atoms with Gasteiger partial charge < -0.3 is 10.1 Å². The summed E-state index contributed by atoms with van der Waals surface area (Å²) in [6, 6.07) is 6.47. The van der Waals surface area contributed by atoms with Gasteiger partial charge in [0.05, 0.1) is 12.3 Å². The van der Waals surface area contributed by atoms with E-state index in [2.05, 4.69) is 29.0 Å². The second kappa shape index (κ2) is 9.03. The molecule has 18 heavy (non-hydrogen) atoms. The first-order chi connectivity index (χ1) is 8.77. The number of pyridine rings is 1. The maximum atomic E-state index is 5.19. The number of hydrogen-bond donors (Lipinski definition) is 1. The van der Waals surface area contributed by atoms with E-state index in [4.69, 9.17) is 4.74 Å². The highest BCUT2D eigenvalue weighted by molar-refractivity contribution is 5.02. The second-order valence-corrected chi connectivity index (χ2v) is 4.43. The molecule has 0 radical (unpaired) electrons. The van der Waals surface area contributed by atoms with Crippen LogP contribution in [0.2, 0.25) is 0 Å². The molecule has 1 aromatic heterocycles. The number of methoxy groups -OCH3 is 1. The smallest absolute Gasteiger partial charge is 0.0615 e. The molecule has 1 heterocycles. The van der Waals surface area contributed by atoms with Gasteiger partial charge in [0.2, 0.25) is 0 Å². The first kappa shape index (κ1) is 15.1. The van der Waals surface area contributed by atoms with Crippen molar-refractivity contribution < 1.29 is 4.74 Å². The first-order valence-corrected chi connectivity index (χ1v) is 6.61. The van der Waals surface area contributed by atoms with Gasteiger partial charge in [0, 0.05) is 39.0 Å². The fraction of sp³-hybridized carbons (Fsp3) is 0.643. The van der Waals surface area contributed by atoms with Gasteiger partial charge >= 0.3 is 0 Å². The molecule has 0 amide bonds. The molecule has 1 N–H and O–H groups in total. The molecule has 102 valence electrons. The third-order valence-electron chi connectivity index (χ3n) is 3.05. The average Bonchev–Trinajstić information content (AvgIpc) is 2.40. The highest BCUT2D eigenvalue weighted by atomic mass is 16.5. The SMILES string of the molecule is CCN(CCNCc1ccccn1)C(C)COC. The van der Waals surface area contributed by atoms with Crippen LogP contribution in [0, 0.1) is 0 Å². The summed E-state index contributed by atoms with van der Waals surface area (Å²) in [6.07, 6.45) is 1.83. The minimum Gasteiger partial charge on any atom is -0.383 e. The Morgan fingerprint density at radius 2 is 2.28 bits per heavy atom. The molecular formula is C14H25N3O. The van der Waals surface area contributed by atoms with Gasteiger partial charge in [0.1, 0.15) is 0 Å². The van der Waals surface area contributed by atoms with E-state index in [1.54, 1.807) is 7.11 Å². The third kappa shape index (κ3) is 5.58. The summed E-state index contributed by atoms with van der Waals surface area (Å²) in [5, 5.41) is 3.42. The predicted octanol–water partition coefficient (Wildman–Crippen LogP) is 1.53. The van der Waals surface area contributed by atoms with Crippen molar-refractivity contribution >= 4 is 0 Å². The molecule has 1 aromatic rings. The van der Waals surface area contributed by atoms with Crippen molar-refractivity contribution in [3.8, 4) is 0 Å². The molecule has 4 nitrogen and oxygen atoms in total. The fourth-order valence-corrected chi connectivity index (χ4v) is 1.98. The van der Waals surface area contributed by atoms with Crippen LogP contribution in [0.25, 0.3) is 0 Å². The summed E-state index contributed by atoms with van der Waals surface area (Å²) in [5.41, 5.74) is 1.09. The monoisotopic (exact) mass is 251 g/mol. The van der Waals surface area contributed by atoms with Gasteiger partial charge in [-0.15, -0.1) is 0 Å². The molecule has 4 heteroatoms. The van der Waals surface area contributed by atoms with Crippen LogP contribution in [0.15, 0.2) is 24.4 Å². The molecule has 0 fully saturated rings. The zero-order valence-electron chi connectivity index (χ0n) is 11.7. The summed E-state index contributed by atoms with van der Waals surface area (Å²) < 4.78 is 5.19. The van der Waals surface area contributed by atoms with E-state index in [0.29, 0.717) is 6.04 Å². The summed E-state index contributed by atoms with van der Waals surface area (Å²) in [4.78, 5) is 6.70. The van der Waals surface area contributed by atoms with E-state index in [9.17, 15) is 0 Å². The number of rotatable bonds is 9. The third-order valence-corrected chi connectivity index (χ3v) is 3.05. The summed E-state index contributed by atoms with van der Waals surface area (Å²) in [5.74, 6) is 0. The minimum absolute atomic E-state index is 0.469. The lowest BCUT2D eigenvalue weighted by Crippen LogP contribution is -2.40. The first-order valence-electron chi connectivity index (χ1n) is 6.61. The zero-order chi connectivity index (χ0) is 13.2. The standard InChI is InChI=1S/C14H25N3O/c1-4-17(13(2)12-18-3)10-9-15-11-14-7-5-6-8-16-14/h5-8,13,15H,4,9-12H2,1-3H3. The lowest BCUT2D eigenvalue weighted by molar-refractivity contribution is 0.103. The molecule has 0 aromatic carbocycles. The molecular weight excluding hydrogens is 226 g/mol. The van der Waals surface area contributed by atoms with Crippen LogP contribution >= 0.6 is 0 Å². The summed E-state index contributed by atoms with van der Waals surface area (Å²) >= 11 is 0. The molecule has 1 rings (SSSR count). The minimum atomic E-state index is 0.469. The maximum Gasteiger partial charge on any atom is 0.0615 e. The van der Waals surface area contributed by atoms with Crippen molar-refractivity contribution in [3.05, 3.63) is 30.1 Å². The highest BCUT2D eigenvalue weighted by Gasteiger charge is 2.10. The largest absolute Gasteiger partial charge is 0.383 e. The van der Waals surface area contributed by atoms with Crippen molar-refractivity contribution in [1.29, 1.82) is 0 Å². The van der Waals surface area contributed by atoms with Crippen LogP contribution < -0.4 is 5.32 Å². The topological polar surface area (TPSA) is 37.4 Å². The summed E-state index contributed by atoms with van der Waals surface area (Å²) in [6.45, 7) is 9.06.